The van der Waals surface area contributed by atoms with Crippen LogP contribution in [0.2, 0.25) is 0 Å². The Morgan fingerprint density at radius 1 is 1.11 bits per heavy atom. The summed E-state index contributed by atoms with van der Waals surface area (Å²) in [5, 5.41) is 13.0. The van der Waals surface area contributed by atoms with Crippen molar-refractivity contribution in [2.45, 2.75) is 13.8 Å². The Morgan fingerprint density at radius 3 is 2.67 bits per heavy atom. The zero-order chi connectivity index (χ0) is 12.7. The lowest BCUT2D eigenvalue weighted by Gasteiger charge is -2.02. The number of fused-ring (bicyclic) bond motifs is 1. The van der Waals surface area contributed by atoms with Crippen molar-refractivity contribution < 1.29 is 0 Å². The van der Waals surface area contributed by atoms with Crippen LogP contribution in [-0.2, 0) is 0 Å². The van der Waals surface area contributed by atoms with Gasteiger partial charge in [0.15, 0.2) is 11.5 Å². The first-order chi connectivity index (χ1) is 8.65. The van der Waals surface area contributed by atoms with E-state index in [1.165, 1.54) is 0 Å². The molecule has 0 spiro atoms. The summed E-state index contributed by atoms with van der Waals surface area (Å²) >= 11 is 0. The fourth-order valence-electron chi connectivity index (χ4n) is 1.72. The third-order valence-corrected chi connectivity index (χ3v) is 2.57. The molecule has 90 valence electrons. The van der Waals surface area contributed by atoms with Gasteiger partial charge in [-0.2, -0.15) is 14.9 Å². The highest BCUT2D eigenvalue weighted by Crippen LogP contribution is 2.19. The zero-order valence-electron chi connectivity index (χ0n) is 9.99. The van der Waals surface area contributed by atoms with Crippen molar-refractivity contribution in [2.75, 3.05) is 5.73 Å². The highest BCUT2D eigenvalue weighted by Gasteiger charge is 2.11. The third kappa shape index (κ3) is 1.56. The predicted octanol–water partition coefficient (Wildman–Crippen LogP) is 0.805. The molecule has 0 fully saturated rings. The second kappa shape index (κ2) is 3.73. The van der Waals surface area contributed by atoms with Crippen LogP contribution in [0.25, 0.3) is 16.9 Å². The lowest BCUT2D eigenvalue weighted by atomic mass is 10.4. The number of nitrogens with two attached hydrogens (primary N) is 1. The van der Waals surface area contributed by atoms with Gasteiger partial charge in [-0.05, 0) is 26.0 Å². The fraction of sp³-hybridized carbons (Fsp3) is 0.182. The van der Waals surface area contributed by atoms with Crippen molar-refractivity contribution in [2.24, 2.45) is 0 Å². The van der Waals surface area contributed by atoms with Crippen molar-refractivity contribution in [3.05, 3.63) is 29.8 Å². The summed E-state index contributed by atoms with van der Waals surface area (Å²) in [6.45, 7) is 3.66. The molecule has 0 aliphatic carbocycles. The maximum Gasteiger partial charge on any atom is 0.178 e. The Bertz CT molecular complexity index is 714. The van der Waals surface area contributed by atoms with Crippen LogP contribution in [0.4, 0.5) is 5.82 Å². The SMILES string of the molecule is Cc1ccc(-n2ncc3c(N)nc(C)nc32)nn1. The fourth-order valence-corrected chi connectivity index (χ4v) is 1.72. The Kier molecular flexibility index (Phi) is 2.19. The predicted molar refractivity (Wildman–Crippen MR) is 66.1 cm³/mol. The highest BCUT2D eigenvalue weighted by atomic mass is 15.4. The molecule has 7 nitrogen and oxygen atoms in total. The first-order valence-electron chi connectivity index (χ1n) is 5.44. The molecule has 7 heteroatoms. The lowest BCUT2D eigenvalue weighted by molar-refractivity contribution is 0.816. The summed E-state index contributed by atoms with van der Waals surface area (Å²) in [5.41, 5.74) is 7.32. The van der Waals surface area contributed by atoms with Crippen molar-refractivity contribution in [1.29, 1.82) is 0 Å². The first kappa shape index (κ1) is 10.6. The summed E-state index contributed by atoms with van der Waals surface area (Å²) in [7, 11) is 0. The van der Waals surface area contributed by atoms with Gasteiger partial charge in [-0.1, -0.05) is 0 Å². The van der Waals surface area contributed by atoms with Crippen LogP contribution in [0, 0.1) is 13.8 Å². The Labute approximate surface area is 103 Å². The molecule has 0 radical (unpaired) electrons. The molecule has 0 atom stereocenters. The van der Waals surface area contributed by atoms with E-state index in [9.17, 15) is 0 Å². The van der Waals surface area contributed by atoms with Gasteiger partial charge >= 0.3 is 0 Å². The van der Waals surface area contributed by atoms with E-state index >= 15 is 0 Å². The van der Waals surface area contributed by atoms with Gasteiger partial charge in [0.05, 0.1) is 17.3 Å². The Morgan fingerprint density at radius 2 is 1.94 bits per heavy atom. The normalized spacial score (nSPS) is 11.0. The highest BCUT2D eigenvalue weighted by molar-refractivity contribution is 5.85. The van der Waals surface area contributed by atoms with E-state index in [1.807, 2.05) is 19.1 Å². The van der Waals surface area contributed by atoms with Crippen LogP contribution in [0.1, 0.15) is 11.5 Å². The van der Waals surface area contributed by atoms with E-state index in [-0.39, 0.29) is 0 Å². The van der Waals surface area contributed by atoms with Gasteiger partial charge in [0.25, 0.3) is 0 Å². The summed E-state index contributed by atoms with van der Waals surface area (Å²) < 4.78 is 1.60. The van der Waals surface area contributed by atoms with E-state index in [0.717, 1.165) is 5.69 Å². The van der Waals surface area contributed by atoms with Crippen molar-refractivity contribution in [3.8, 4) is 5.82 Å². The molecule has 18 heavy (non-hydrogen) atoms. The van der Waals surface area contributed by atoms with Crippen LogP contribution in [0.3, 0.4) is 0 Å². The third-order valence-electron chi connectivity index (χ3n) is 2.57. The van der Waals surface area contributed by atoms with Crippen molar-refractivity contribution in [1.82, 2.24) is 29.9 Å². The molecule has 2 N–H and O–H groups in total. The molecule has 0 saturated carbocycles. The van der Waals surface area contributed by atoms with Crippen LogP contribution in [0.5, 0.6) is 0 Å². The average molecular weight is 241 g/mol. The molecule has 0 amide bonds. The summed E-state index contributed by atoms with van der Waals surface area (Å²) in [5.74, 6) is 1.62. The van der Waals surface area contributed by atoms with Gasteiger partial charge < -0.3 is 5.73 Å². The van der Waals surface area contributed by atoms with E-state index in [2.05, 4.69) is 25.3 Å². The molecule has 3 aromatic heterocycles. The number of anilines is 1. The lowest BCUT2D eigenvalue weighted by Crippen LogP contribution is -2.04. The van der Waals surface area contributed by atoms with Gasteiger partial charge in [0.1, 0.15) is 11.6 Å². The van der Waals surface area contributed by atoms with Crippen LogP contribution in [0.15, 0.2) is 18.3 Å². The van der Waals surface area contributed by atoms with E-state index in [4.69, 9.17) is 5.73 Å². The molecule has 0 aliphatic heterocycles. The first-order valence-corrected chi connectivity index (χ1v) is 5.44. The zero-order valence-corrected chi connectivity index (χ0v) is 9.99. The van der Waals surface area contributed by atoms with Crippen molar-refractivity contribution in [3.63, 3.8) is 0 Å². The van der Waals surface area contributed by atoms with Crippen LogP contribution in [-0.4, -0.2) is 29.9 Å². The number of rotatable bonds is 1. The van der Waals surface area contributed by atoms with E-state index < -0.39 is 0 Å². The standard InChI is InChI=1S/C11H11N7/c1-6-3-4-9(17-16-6)18-11-8(5-13-18)10(12)14-7(2)15-11/h3-5H,1-2H3,(H2,12,14,15). The molecule has 0 saturated heterocycles. The molecule has 0 aromatic carbocycles. The van der Waals surface area contributed by atoms with Gasteiger partial charge in [0.2, 0.25) is 0 Å². The largest absolute Gasteiger partial charge is 0.383 e. The average Bonchev–Trinajstić information content (AvgIpc) is 2.74. The minimum Gasteiger partial charge on any atom is -0.383 e. The number of aromatic nitrogens is 6. The van der Waals surface area contributed by atoms with Gasteiger partial charge in [0, 0.05) is 0 Å². The number of hydrogen-bond acceptors (Lipinski definition) is 6. The Hall–Kier alpha value is -2.57. The quantitative estimate of drug-likeness (QED) is 0.677. The molecular weight excluding hydrogens is 230 g/mol. The number of nitrogen functional groups attached to an aromatic ring is 1. The van der Waals surface area contributed by atoms with Crippen LogP contribution >= 0.6 is 0 Å². The minimum absolute atomic E-state index is 0.420. The van der Waals surface area contributed by atoms with Crippen LogP contribution < -0.4 is 5.73 Å². The minimum atomic E-state index is 0.420. The van der Waals surface area contributed by atoms with E-state index in [1.54, 1.807) is 17.8 Å². The summed E-state index contributed by atoms with van der Waals surface area (Å²) in [6.07, 6.45) is 1.63. The Balaban J connectivity index is 2.27. The molecule has 3 aromatic rings. The van der Waals surface area contributed by atoms with Gasteiger partial charge in [-0.3, -0.25) is 0 Å². The molecule has 3 rings (SSSR count). The smallest absolute Gasteiger partial charge is 0.178 e. The van der Waals surface area contributed by atoms with Gasteiger partial charge in [-0.25, -0.2) is 9.97 Å². The molecular formula is C11H11N7. The number of nitrogens with zero attached hydrogens (tertiary/aromatic N) is 6. The van der Waals surface area contributed by atoms with E-state index in [0.29, 0.717) is 28.5 Å². The van der Waals surface area contributed by atoms with Gasteiger partial charge in [-0.15, -0.1) is 5.10 Å². The molecule has 0 bridgehead atoms. The maximum absolute atomic E-state index is 5.83. The topological polar surface area (TPSA) is 95.4 Å². The summed E-state index contributed by atoms with van der Waals surface area (Å²) in [4.78, 5) is 8.44. The second-order valence-electron chi connectivity index (χ2n) is 3.98. The number of aryl methyl sites for hydroxylation is 2. The van der Waals surface area contributed by atoms with Crippen molar-refractivity contribution >= 4 is 16.9 Å². The maximum atomic E-state index is 5.83. The summed E-state index contributed by atoms with van der Waals surface area (Å²) in [6, 6.07) is 3.70. The monoisotopic (exact) mass is 241 g/mol. The second-order valence-corrected chi connectivity index (χ2v) is 3.98. The molecule has 0 aliphatic rings. The number of hydrogen-bond donors (Lipinski definition) is 1. The molecule has 0 unspecified atom stereocenters. The molecule has 3 heterocycles.